The molecule has 1 aromatic heterocycles. The van der Waals surface area contributed by atoms with E-state index in [-0.39, 0.29) is 0 Å². The van der Waals surface area contributed by atoms with Crippen LogP contribution in [-0.2, 0) is 0 Å². The maximum atomic E-state index is 3.93. The first-order valence-electron chi connectivity index (χ1n) is 4.96. The Bertz CT molecular complexity index is 218. The molecule has 0 radical (unpaired) electrons. The first kappa shape index (κ1) is 10.3. The van der Waals surface area contributed by atoms with E-state index in [1.165, 1.54) is 6.42 Å². The van der Waals surface area contributed by atoms with Crippen molar-refractivity contribution in [2.75, 3.05) is 6.54 Å². The van der Waals surface area contributed by atoms with Gasteiger partial charge in [-0.2, -0.15) is 5.10 Å². The second-order valence-corrected chi connectivity index (χ2v) is 3.66. The number of aromatic amines is 1. The van der Waals surface area contributed by atoms with E-state index in [1.54, 1.807) is 6.20 Å². The number of nitrogens with zero attached hydrogens (tertiary/aromatic N) is 1. The van der Waals surface area contributed by atoms with Crippen LogP contribution < -0.4 is 5.32 Å². The van der Waals surface area contributed by atoms with Gasteiger partial charge >= 0.3 is 0 Å². The van der Waals surface area contributed by atoms with Crippen LogP contribution in [0.5, 0.6) is 0 Å². The summed E-state index contributed by atoms with van der Waals surface area (Å²) in [6.07, 6.45) is 3.01. The summed E-state index contributed by atoms with van der Waals surface area (Å²) in [7, 11) is 0. The summed E-state index contributed by atoms with van der Waals surface area (Å²) in [5, 5.41) is 10.4. The molecule has 2 unspecified atom stereocenters. The van der Waals surface area contributed by atoms with Gasteiger partial charge in [-0.3, -0.25) is 5.10 Å². The molecule has 2 atom stereocenters. The summed E-state index contributed by atoms with van der Waals surface area (Å²) >= 11 is 0. The van der Waals surface area contributed by atoms with Crippen molar-refractivity contribution in [2.24, 2.45) is 5.92 Å². The standard InChI is InChI=1S/C10H19N3/c1-4-8(2)7-11-9(3)10-5-6-12-13-10/h5-6,8-9,11H,4,7H2,1-3H3,(H,12,13). The van der Waals surface area contributed by atoms with E-state index in [0.717, 1.165) is 18.2 Å². The van der Waals surface area contributed by atoms with Crippen LogP contribution in [0.3, 0.4) is 0 Å². The zero-order chi connectivity index (χ0) is 9.68. The lowest BCUT2D eigenvalue weighted by atomic mass is 10.1. The maximum absolute atomic E-state index is 3.93. The van der Waals surface area contributed by atoms with Crippen molar-refractivity contribution in [3.05, 3.63) is 18.0 Å². The quantitative estimate of drug-likeness (QED) is 0.730. The van der Waals surface area contributed by atoms with E-state index in [4.69, 9.17) is 0 Å². The first-order chi connectivity index (χ1) is 6.24. The van der Waals surface area contributed by atoms with Crippen LogP contribution in [0.4, 0.5) is 0 Å². The lowest BCUT2D eigenvalue weighted by Crippen LogP contribution is -2.24. The highest BCUT2D eigenvalue weighted by atomic mass is 15.1. The van der Waals surface area contributed by atoms with E-state index in [9.17, 15) is 0 Å². The molecule has 0 amide bonds. The van der Waals surface area contributed by atoms with Gasteiger partial charge in [0.2, 0.25) is 0 Å². The number of aromatic nitrogens is 2. The summed E-state index contributed by atoms with van der Waals surface area (Å²) < 4.78 is 0. The zero-order valence-corrected chi connectivity index (χ0v) is 8.67. The summed E-state index contributed by atoms with van der Waals surface area (Å²) in [4.78, 5) is 0. The number of H-pyrrole nitrogens is 1. The van der Waals surface area contributed by atoms with Crippen LogP contribution in [-0.4, -0.2) is 16.7 Å². The maximum Gasteiger partial charge on any atom is 0.0518 e. The molecule has 0 saturated heterocycles. The topological polar surface area (TPSA) is 40.7 Å². The fourth-order valence-corrected chi connectivity index (χ4v) is 1.14. The van der Waals surface area contributed by atoms with Gasteiger partial charge in [0.05, 0.1) is 5.69 Å². The number of hydrogen-bond acceptors (Lipinski definition) is 2. The average Bonchev–Trinajstić information content (AvgIpc) is 2.66. The van der Waals surface area contributed by atoms with Crippen LogP contribution in [0.15, 0.2) is 12.3 Å². The monoisotopic (exact) mass is 181 g/mol. The zero-order valence-electron chi connectivity index (χ0n) is 8.67. The molecule has 0 saturated carbocycles. The van der Waals surface area contributed by atoms with Gasteiger partial charge in [-0.15, -0.1) is 0 Å². The van der Waals surface area contributed by atoms with Crippen molar-refractivity contribution in [3.8, 4) is 0 Å². The van der Waals surface area contributed by atoms with Gasteiger partial charge in [-0.05, 0) is 25.5 Å². The van der Waals surface area contributed by atoms with Gasteiger partial charge in [0, 0.05) is 12.2 Å². The van der Waals surface area contributed by atoms with Crippen molar-refractivity contribution < 1.29 is 0 Å². The minimum Gasteiger partial charge on any atom is -0.309 e. The van der Waals surface area contributed by atoms with Gasteiger partial charge in [-0.1, -0.05) is 20.3 Å². The van der Waals surface area contributed by atoms with Gasteiger partial charge < -0.3 is 5.32 Å². The normalized spacial score (nSPS) is 15.6. The molecule has 13 heavy (non-hydrogen) atoms. The molecule has 0 spiro atoms. The fraction of sp³-hybridized carbons (Fsp3) is 0.700. The van der Waals surface area contributed by atoms with Crippen molar-refractivity contribution in [3.63, 3.8) is 0 Å². The molecule has 0 aromatic carbocycles. The highest BCUT2D eigenvalue weighted by Gasteiger charge is 2.06. The second kappa shape index (κ2) is 5.02. The molecule has 3 nitrogen and oxygen atoms in total. The SMILES string of the molecule is CCC(C)CNC(C)c1ccn[nH]1. The average molecular weight is 181 g/mol. The number of rotatable bonds is 5. The van der Waals surface area contributed by atoms with Crippen LogP contribution >= 0.6 is 0 Å². The predicted molar refractivity (Wildman–Crippen MR) is 54.5 cm³/mol. The molecule has 2 N–H and O–H groups in total. The van der Waals surface area contributed by atoms with Crippen LogP contribution in [0.25, 0.3) is 0 Å². The molecule has 1 heterocycles. The van der Waals surface area contributed by atoms with Gasteiger partial charge in [-0.25, -0.2) is 0 Å². The Labute approximate surface area is 79.9 Å². The van der Waals surface area contributed by atoms with Crippen LogP contribution in [0.1, 0.15) is 38.9 Å². The van der Waals surface area contributed by atoms with Crippen molar-refractivity contribution in [2.45, 2.75) is 33.2 Å². The Morgan fingerprint density at radius 2 is 2.31 bits per heavy atom. The Hall–Kier alpha value is -0.830. The van der Waals surface area contributed by atoms with Crippen molar-refractivity contribution in [1.29, 1.82) is 0 Å². The molecule has 1 rings (SSSR count). The third-order valence-corrected chi connectivity index (χ3v) is 2.46. The Morgan fingerprint density at radius 3 is 2.85 bits per heavy atom. The molecular formula is C10H19N3. The largest absolute Gasteiger partial charge is 0.309 e. The molecule has 0 aliphatic carbocycles. The van der Waals surface area contributed by atoms with Gasteiger partial charge in [0.1, 0.15) is 0 Å². The Kier molecular flexibility index (Phi) is 3.96. The lowest BCUT2D eigenvalue weighted by Gasteiger charge is -2.15. The molecule has 0 bridgehead atoms. The Morgan fingerprint density at radius 1 is 1.54 bits per heavy atom. The molecule has 74 valence electrons. The predicted octanol–water partition coefficient (Wildman–Crippen LogP) is 2.11. The van der Waals surface area contributed by atoms with E-state index in [1.807, 2.05) is 6.07 Å². The second-order valence-electron chi connectivity index (χ2n) is 3.66. The van der Waals surface area contributed by atoms with E-state index < -0.39 is 0 Å². The highest BCUT2D eigenvalue weighted by Crippen LogP contribution is 2.08. The van der Waals surface area contributed by atoms with Crippen molar-refractivity contribution in [1.82, 2.24) is 15.5 Å². The first-order valence-corrected chi connectivity index (χ1v) is 4.96. The summed E-state index contributed by atoms with van der Waals surface area (Å²) in [6, 6.07) is 2.38. The molecule has 0 aliphatic rings. The van der Waals surface area contributed by atoms with E-state index in [2.05, 4.69) is 36.3 Å². The number of hydrogen-bond donors (Lipinski definition) is 2. The van der Waals surface area contributed by atoms with E-state index >= 15 is 0 Å². The molecule has 1 aromatic rings. The summed E-state index contributed by atoms with van der Waals surface area (Å²) in [6.45, 7) is 7.69. The third kappa shape index (κ3) is 3.19. The Balaban J connectivity index is 2.30. The van der Waals surface area contributed by atoms with Crippen LogP contribution in [0.2, 0.25) is 0 Å². The molecular weight excluding hydrogens is 162 g/mol. The third-order valence-electron chi connectivity index (χ3n) is 2.46. The number of nitrogens with one attached hydrogen (secondary N) is 2. The molecule has 3 heteroatoms. The molecule has 0 fully saturated rings. The smallest absolute Gasteiger partial charge is 0.0518 e. The molecule has 0 aliphatic heterocycles. The summed E-state index contributed by atoms with van der Waals surface area (Å²) in [5.41, 5.74) is 1.16. The van der Waals surface area contributed by atoms with Gasteiger partial charge in [0.15, 0.2) is 0 Å². The van der Waals surface area contributed by atoms with Crippen LogP contribution in [0, 0.1) is 5.92 Å². The highest BCUT2D eigenvalue weighted by molar-refractivity contribution is 5.02. The summed E-state index contributed by atoms with van der Waals surface area (Å²) in [5.74, 6) is 0.741. The van der Waals surface area contributed by atoms with Gasteiger partial charge in [0.25, 0.3) is 0 Å². The fourth-order valence-electron chi connectivity index (χ4n) is 1.14. The minimum atomic E-state index is 0.372. The van der Waals surface area contributed by atoms with Crippen molar-refractivity contribution >= 4 is 0 Å². The minimum absolute atomic E-state index is 0.372. The van der Waals surface area contributed by atoms with E-state index in [0.29, 0.717) is 6.04 Å². The lowest BCUT2D eigenvalue weighted by molar-refractivity contribution is 0.456.